The third-order valence-electron chi connectivity index (χ3n) is 5.73. The Hall–Kier alpha value is -4.74. The van der Waals surface area contributed by atoms with Crippen molar-refractivity contribution in [2.24, 2.45) is 0 Å². The van der Waals surface area contributed by atoms with Gasteiger partial charge in [0.05, 0.1) is 24.1 Å². The number of likely N-dealkylation sites (N-methyl/N-ethyl adjacent to an activating group) is 1. The van der Waals surface area contributed by atoms with E-state index in [1.807, 2.05) is 6.92 Å². The highest BCUT2D eigenvalue weighted by Gasteiger charge is 2.36. The lowest BCUT2D eigenvalue weighted by Gasteiger charge is -2.19. The molecule has 0 saturated heterocycles. The van der Waals surface area contributed by atoms with Crippen LogP contribution in [0.2, 0.25) is 0 Å². The van der Waals surface area contributed by atoms with E-state index in [0.29, 0.717) is 34.6 Å². The maximum atomic E-state index is 13.7. The second kappa shape index (κ2) is 11.8. The quantitative estimate of drug-likeness (QED) is 0.327. The van der Waals surface area contributed by atoms with E-state index < -0.39 is 17.8 Å². The van der Waals surface area contributed by atoms with Gasteiger partial charge in [0.1, 0.15) is 12.4 Å². The average molecular weight is 539 g/mol. The number of carbonyl (C=O) groups excluding carboxylic acids is 2. The van der Waals surface area contributed by atoms with Crippen molar-refractivity contribution in [2.45, 2.75) is 20.0 Å². The fraction of sp³-hybridized carbons (Fsp3) is 0.222. The molecule has 9 nitrogen and oxygen atoms in total. The molecule has 202 valence electrons. The first-order valence-electron chi connectivity index (χ1n) is 12.0. The van der Waals surface area contributed by atoms with E-state index in [0.717, 1.165) is 6.07 Å². The fourth-order valence-corrected chi connectivity index (χ4v) is 3.74. The van der Waals surface area contributed by atoms with Crippen molar-refractivity contribution in [1.29, 1.82) is 0 Å². The van der Waals surface area contributed by atoms with E-state index in [9.17, 15) is 22.8 Å². The molecule has 0 aliphatic heterocycles. The summed E-state index contributed by atoms with van der Waals surface area (Å²) < 4.78 is 47.5. The molecule has 0 spiro atoms. The normalized spacial score (nSPS) is 11.2. The van der Waals surface area contributed by atoms with E-state index in [2.05, 4.69) is 20.4 Å². The lowest BCUT2D eigenvalue weighted by molar-refractivity contribution is -0.142. The zero-order valence-corrected chi connectivity index (χ0v) is 21.1. The van der Waals surface area contributed by atoms with E-state index in [1.54, 1.807) is 41.3 Å². The zero-order chi connectivity index (χ0) is 28.0. The van der Waals surface area contributed by atoms with Gasteiger partial charge < -0.3 is 15.0 Å². The predicted molar refractivity (Wildman–Crippen MR) is 137 cm³/mol. The van der Waals surface area contributed by atoms with Crippen LogP contribution in [0.15, 0.2) is 73.2 Å². The molecule has 3 heterocycles. The van der Waals surface area contributed by atoms with Gasteiger partial charge in [-0.05, 0) is 55.5 Å². The molecule has 1 aromatic carbocycles. The SMILES string of the molecule is CCN(CCOc1cccc(C(=O)Nc2ccc(-n3nc(-c4cccnc4)cc3C(F)(F)F)nc2)c1)C(C)=O. The molecule has 4 aromatic rings. The van der Waals surface area contributed by atoms with Crippen LogP contribution in [0.5, 0.6) is 5.75 Å². The Morgan fingerprint density at radius 2 is 1.90 bits per heavy atom. The number of hydrogen-bond donors (Lipinski definition) is 1. The molecule has 4 rings (SSSR count). The van der Waals surface area contributed by atoms with Gasteiger partial charge in [0.25, 0.3) is 5.91 Å². The minimum Gasteiger partial charge on any atom is -0.492 e. The molecule has 0 bridgehead atoms. The van der Waals surface area contributed by atoms with Gasteiger partial charge >= 0.3 is 6.18 Å². The number of alkyl halides is 3. The van der Waals surface area contributed by atoms with Gasteiger partial charge in [-0.2, -0.15) is 18.3 Å². The Kier molecular flexibility index (Phi) is 8.23. The average Bonchev–Trinajstić information content (AvgIpc) is 3.38. The van der Waals surface area contributed by atoms with Gasteiger partial charge in [-0.3, -0.25) is 14.6 Å². The lowest BCUT2D eigenvalue weighted by Crippen LogP contribution is -2.32. The molecule has 0 saturated carbocycles. The van der Waals surface area contributed by atoms with Gasteiger partial charge in [-0.25, -0.2) is 9.67 Å². The van der Waals surface area contributed by atoms with Crippen LogP contribution in [0.3, 0.4) is 0 Å². The summed E-state index contributed by atoms with van der Waals surface area (Å²) in [4.78, 5) is 33.9. The molecule has 0 aliphatic rings. The smallest absolute Gasteiger partial charge is 0.433 e. The molecule has 0 unspecified atom stereocenters. The van der Waals surface area contributed by atoms with Crippen LogP contribution in [-0.2, 0) is 11.0 Å². The Bertz CT molecular complexity index is 1440. The van der Waals surface area contributed by atoms with Gasteiger partial charge in [0.15, 0.2) is 11.5 Å². The van der Waals surface area contributed by atoms with E-state index in [4.69, 9.17) is 4.74 Å². The van der Waals surface area contributed by atoms with Crippen molar-refractivity contribution >= 4 is 17.5 Å². The van der Waals surface area contributed by atoms with Crippen molar-refractivity contribution in [3.63, 3.8) is 0 Å². The largest absolute Gasteiger partial charge is 0.492 e. The molecule has 2 amide bonds. The van der Waals surface area contributed by atoms with E-state index in [1.165, 1.54) is 37.6 Å². The molecule has 12 heteroatoms. The van der Waals surface area contributed by atoms with Crippen LogP contribution in [0.4, 0.5) is 18.9 Å². The molecule has 3 aromatic heterocycles. The molecule has 39 heavy (non-hydrogen) atoms. The second-order valence-corrected chi connectivity index (χ2v) is 8.40. The topological polar surface area (TPSA) is 102 Å². The summed E-state index contributed by atoms with van der Waals surface area (Å²) in [5, 5.41) is 6.75. The summed E-state index contributed by atoms with van der Waals surface area (Å²) in [5.41, 5.74) is 0.123. The van der Waals surface area contributed by atoms with Crippen molar-refractivity contribution in [1.82, 2.24) is 24.6 Å². The molecule has 0 fully saturated rings. The number of benzene rings is 1. The first-order valence-corrected chi connectivity index (χ1v) is 12.0. The van der Waals surface area contributed by atoms with Crippen molar-refractivity contribution in [3.8, 4) is 22.8 Å². The Morgan fingerprint density at radius 3 is 2.54 bits per heavy atom. The highest BCUT2D eigenvalue weighted by atomic mass is 19.4. The molecule has 0 atom stereocenters. The lowest BCUT2D eigenvalue weighted by atomic mass is 10.2. The number of aromatic nitrogens is 4. The van der Waals surface area contributed by atoms with Crippen molar-refractivity contribution in [2.75, 3.05) is 25.0 Å². The molecule has 0 radical (unpaired) electrons. The highest BCUT2D eigenvalue weighted by molar-refractivity contribution is 6.04. The summed E-state index contributed by atoms with van der Waals surface area (Å²) in [6, 6.07) is 13.4. The molecular formula is C27H25F3N6O3. The van der Waals surface area contributed by atoms with Gasteiger partial charge in [0, 0.05) is 37.0 Å². The van der Waals surface area contributed by atoms with Crippen LogP contribution in [0.1, 0.15) is 29.9 Å². The molecular weight excluding hydrogens is 513 g/mol. The van der Waals surface area contributed by atoms with Crippen LogP contribution >= 0.6 is 0 Å². The minimum atomic E-state index is -4.67. The maximum Gasteiger partial charge on any atom is 0.433 e. The van der Waals surface area contributed by atoms with E-state index in [-0.39, 0.29) is 29.7 Å². The summed E-state index contributed by atoms with van der Waals surface area (Å²) in [6.45, 7) is 4.60. The summed E-state index contributed by atoms with van der Waals surface area (Å²) in [6.07, 6.45) is -0.485. The minimum absolute atomic E-state index is 0.0509. The first kappa shape index (κ1) is 27.3. The number of rotatable bonds is 9. The van der Waals surface area contributed by atoms with Crippen molar-refractivity contribution < 1.29 is 27.5 Å². The fourth-order valence-electron chi connectivity index (χ4n) is 3.74. The maximum absolute atomic E-state index is 13.7. The number of nitrogens with one attached hydrogen (secondary N) is 1. The van der Waals surface area contributed by atoms with Gasteiger partial charge in [-0.1, -0.05) is 6.07 Å². The number of ether oxygens (including phenoxy) is 1. The summed E-state index contributed by atoms with van der Waals surface area (Å²) in [7, 11) is 0. The van der Waals surface area contributed by atoms with Gasteiger partial charge in [0.2, 0.25) is 5.91 Å². The zero-order valence-electron chi connectivity index (χ0n) is 21.1. The van der Waals surface area contributed by atoms with Crippen LogP contribution in [0, 0.1) is 0 Å². The number of anilines is 1. The van der Waals surface area contributed by atoms with Crippen LogP contribution < -0.4 is 10.1 Å². The number of halogens is 3. The highest BCUT2D eigenvalue weighted by Crippen LogP contribution is 2.33. The van der Waals surface area contributed by atoms with Gasteiger partial charge in [-0.15, -0.1) is 0 Å². The third-order valence-corrected chi connectivity index (χ3v) is 5.73. The van der Waals surface area contributed by atoms with Crippen LogP contribution in [0.25, 0.3) is 17.1 Å². The summed E-state index contributed by atoms with van der Waals surface area (Å²) >= 11 is 0. The molecule has 0 aliphatic carbocycles. The Labute approximate surface area is 222 Å². The van der Waals surface area contributed by atoms with E-state index >= 15 is 0 Å². The molecule has 1 N–H and O–H groups in total. The Balaban J connectivity index is 1.46. The van der Waals surface area contributed by atoms with Crippen molar-refractivity contribution in [3.05, 3.63) is 84.4 Å². The van der Waals surface area contributed by atoms with Crippen LogP contribution in [-0.4, -0.2) is 56.2 Å². The Morgan fingerprint density at radius 1 is 1.08 bits per heavy atom. The number of amides is 2. The number of nitrogens with zero attached hydrogens (tertiary/aromatic N) is 5. The second-order valence-electron chi connectivity index (χ2n) is 8.40. The monoisotopic (exact) mass is 538 g/mol. The third kappa shape index (κ3) is 6.78. The summed E-state index contributed by atoms with van der Waals surface area (Å²) in [5.74, 6) is -0.121. The standard InChI is InChI=1S/C27H25F3N6O3/c1-3-35(18(2)37)12-13-39-22-8-4-6-19(14-22)26(38)33-21-9-10-25(32-17-21)36-24(27(28,29)30)15-23(34-36)20-7-5-11-31-16-20/h4-11,14-17H,3,12-13H2,1-2H3,(H,33,38). The number of hydrogen-bond acceptors (Lipinski definition) is 6. The number of pyridine rings is 2. The first-order chi connectivity index (χ1) is 18.7. The predicted octanol–water partition coefficient (Wildman–Crippen LogP) is 4.85. The number of carbonyl (C=O) groups is 2.